The average Bonchev–Trinajstić information content (AvgIpc) is 2.49. The highest BCUT2D eigenvalue weighted by molar-refractivity contribution is 9.12. The summed E-state index contributed by atoms with van der Waals surface area (Å²) in [6, 6.07) is 9.85. The van der Waals surface area contributed by atoms with Gasteiger partial charge in [0.1, 0.15) is 11.5 Å². The highest BCUT2D eigenvalue weighted by atomic mass is 79.9. The number of esters is 1. The van der Waals surface area contributed by atoms with Crippen molar-refractivity contribution >= 4 is 43.6 Å². The average molecular weight is 432 g/mol. The summed E-state index contributed by atoms with van der Waals surface area (Å²) in [4.78, 5) is 24.6. The van der Waals surface area contributed by atoms with Gasteiger partial charge >= 0.3 is 5.97 Å². The molecule has 1 fully saturated rings. The lowest BCUT2D eigenvalue weighted by molar-refractivity contribution is -0.185. The largest absolute Gasteiger partial charge is 0.459 e. The summed E-state index contributed by atoms with van der Waals surface area (Å²) >= 11 is 7.29. The van der Waals surface area contributed by atoms with E-state index >= 15 is 0 Å². The molecule has 0 aliphatic carbocycles. The van der Waals surface area contributed by atoms with Crippen molar-refractivity contribution in [2.24, 2.45) is 10.8 Å². The molecule has 1 aromatic carbocycles. The first-order valence-electron chi connectivity index (χ1n) is 7.19. The SMILES string of the molecule is CC1(C)C(=O)O[C@@H]([C@H](Br)[C@@H](Br)c2ccccc2)C(C)(C)C1=O. The van der Waals surface area contributed by atoms with E-state index in [-0.39, 0.29) is 15.4 Å². The Bertz CT molecular complexity index is 581. The van der Waals surface area contributed by atoms with Gasteiger partial charge in [-0.15, -0.1) is 0 Å². The third-order valence-electron chi connectivity index (χ3n) is 4.30. The van der Waals surface area contributed by atoms with Crippen LogP contribution in [0.4, 0.5) is 0 Å². The molecule has 0 radical (unpaired) electrons. The van der Waals surface area contributed by atoms with Gasteiger partial charge in [-0.05, 0) is 33.3 Å². The Balaban J connectivity index is 2.31. The minimum absolute atomic E-state index is 0.0696. The van der Waals surface area contributed by atoms with Crippen LogP contribution in [-0.2, 0) is 14.3 Å². The topological polar surface area (TPSA) is 43.4 Å². The first kappa shape index (κ1) is 17.7. The number of ether oxygens (including phenoxy) is 1. The lowest BCUT2D eigenvalue weighted by atomic mass is 9.67. The van der Waals surface area contributed by atoms with Crippen molar-refractivity contribution < 1.29 is 14.3 Å². The van der Waals surface area contributed by atoms with Gasteiger partial charge in [-0.2, -0.15) is 0 Å². The number of cyclic esters (lactones) is 1. The van der Waals surface area contributed by atoms with Gasteiger partial charge in [0.15, 0.2) is 5.78 Å². The second kappa shape index (κ2) is 6.08. The molecule has 0 bridgehead atoms. The van der Waals surface area contributed by atoms with Crippen molar-refractivity contribution in [2.75, 3.05) is 0 Å². The summed E-state index contributed by atoms with van der Waals surface area (Å²) in [5, 5.41) is 0. The molecule has 3 nitrogen and oxygen atoms in total. The number of alkyl halides is 2. The van der Waals surface area contributed by atoms with Crippen molar-refractivity contribution in [3.05, 3.63) is 35.9 Å². The Kier molecular flexibility index (Phi) is 4.88. The summed E-state index contributed by atoms with van der Waals surface area (Å²) in [5.41, 5.74) is -0.790. The summed E-state index contributed by atoms with van der Waals surface area (Å²) in [7, 11) is 0. The van der Waals surface area contributed by atoms with Crippen LogP contribution in [0, 0.1) is 10.8 Å². The van der Waals surface area contributed by atoms with Crippen LogP contribution in [0.15, 0.2) is 30.3 Å². The number of ketones is 1. The molecule has 1 aliphatic heterocycles. The summed E-state index contributed by atoms with van der Waals surface area (Å²) in [6.45, 7) is 6.93. The summed E-state index contributed by atoms with van der Waals surface area (Å²) in [5.74, 6) is -0.544. The number of Topliss-reactive ketones (excluding diaryl/α,β-unsaturated/α-hetero) is 1. The van der Waals surface area contributed by atoms with E-state index in [4.69, 9.17) is 4.74 Å². The number of halogens is 2. The number of carbonyl (C=O) groups excluding carboxylic acids is 2. The molecule has 5 heteroatoms. The third-order valence-corrected chi connectivity index (χ3v) is 7.11. The van der Waals surface area contributed by atoms with E-state index in [1.165, 1.54) is 0 Å². The van der Waals surface area contributed by atoms with Crippen LogP contribution in [-0.4, -0.2) is 22.7 Å². The molecule has 0 amide bonds. The van der Waals surface area contributed by atoms with Crippen LogP contribution in [0.3, 0.4) is 0 Å². The second-order valence-electron chi connectivity index (χ2n) is 6.76. The quantitative estimate of drug-likeness (QED) is 0.403. The van der Waals surface area contributed by atoms with Crippen LogP contribution in [0.1, 0.15) is 38.1 Å². The molecule has 1 heterocycles. The number of carbonyl (C=O) groups is 2. The highest BCUT2D eigenvalue weighted by Gasteiger charge is 2.57. The van der Waals surface area contributed by atoms with Gasteiger partial charge in [0.05, 0.1) is 15.1 Å². The molecule has 0 N–H and O–H groups in total. The molecule has 3 atom stereocenters. The van der Waals surface area contributed by atoms with Gasteiger partial charge < -0.3 is 4.74 Å². The molecule has 1 saturated heterocycles. The maximum atomic E-state index is 12.7. The lowest BCUT2D eigenvalue weighted by Gasteiger charge is -2.45. The van der Waals surface area contributed by atoms with Gasteiger partial charge in [-0.3, -0.25) is 9.59 Å². The van der Waals surface area contributed by atoms with Crippen LogP contribution < -0.4 is 0 Å². The van der Waals surface area contributed by atoms with Gasteiger partial charge in [0, 0.05) is 0 Å². The zero-order valence-corrected chi connectivity index (χ0v) is 16.3. The van der Waals surface area contributed by atoms with Crippen molar-refractivity contribution in [2.45, 2.75) is 43.5 Å². The molecule has 0 spiro atoms. The van der Waals surface area contributed by atoms with Gasteiger partial charge in [0.25, 0.3) is 0 Å². The minimum Gasteiger partial charge on any atom is -0.459 e. The van der Waals surface area contributed by atoms with Crippen molar-refractivity contribution in [1.29, 1.82) is 0 Å². The van der Waals surface area contributed by atoms with E-state index in [1.807, 2.05) is 44.2 Å². The number of hydrogen-bond donors (Lipinski definition) is 0. The monoisotopic (exact) mass is 430 g/mol. The first-order valence-corrected chi connectivity index (χ1v) is 9.02. The minimum atomic E-state index is -1.10. The van der Waals surface area contributed by atoms with E-state index in [9.17, 15) is 9.59 Å². The molecular formula is C17H20Br2O3. The predicted molar refractivity (Wildman–Crippen MR) is 93.3 cm³/mol. The Morgan fingerprint density at radius 2 is 1.59 bits per heavy atom. The lowest BCUT2D eigenvalue weighted by Crippen LogP contribution is -2.58. The molecule has 0 aromatic heterocycles. The zero-order valence-electron chi connectivity index (χ0n) is 13.1. The summed E-state index contributed by atoms with van der Waals surface area (Å²) in [6.07, 6.45) is -0.537. The van der Waals surface area contributed by atoms with Crippen molar-refractivity contribution in [1.82, 2.24) is 0 Å². The molecule has 1 aliphatic rings. The fourth-order valence-electron chi connectivity index (χ4n) is 2.87. The smallest absolute Gasteiger partial charge is 0.319 e. The number of rotatable bonds is 3. The number of hydrogen-bond acceptors (Lipinski definition) is 3. The zero-order chi connectivity index (χ0) is 16.7. The fourth-order valence-corrected chi connectivity index (χ4v) is 4.53. The van der Waals surface area contributed by atoms with E-state index < -0.39 is 22.9 Å². The van der Waals surface area contributed by atoms with Gasteiger partial charge in [-0.1, -0.05) is 62.2 Å². The molecule has 0 unspecified atom stereocenters. The Morgan fingerprint density at radius 1 is 1.05 bits per heavy atom. The summed E-state index contributed by atoms with van der Waals surface area (Å²) < 4.78 is 5.66. The molecule has 2 rings (SSSR count). The van der Waals surface area contributed by atoms with Crippen LogP contribution in [0.5, 0.6) is 0 Å². The third kappa shape index (κ3) is 2.90. The van der Waals surface area contributed by atoms with Crippen molar-refractivity contribution in [3.63, 3.8) is 0 Å². The van der Waals surface area contributed by atoms with Gasteiger partial charge in [-0.25, -0.2) is 0 Å². The van der Waals surface area contributed by atoms with Crippen molar-refractivity contribution in [3.8, 4) is 0 Å². The maximum Gasteiger partial charge on any atom is 0.319 e. The molecule has 0 saturated carbocycles. The van der Waals surface area contributed by atoms with E-state index in [0.29, 0.717) is 0 Å². The molecule has 1 aromatic rings. The maximum absolute atomic E-state index is 12.7. The normalized spacial score (nSPS) is 26.2. The standard InChI is InChI=1S/C17H20Br2O3/c1-16(2)13(22-15(21)17(3,4)14(16)20)12(19)11(18)10-8-6-5-7-9-10/h5-9,11-13H,1-4H3/t11-,12+,13-/m0/s1. The molecule has 22 heavy (non-hydrogen) atoms. The number of benzene rings is 1. The van der Waals surface area contributed by atoms with E-state index in [2.05, 4.69) is 31.9 Å². The predicted octanol–water partition coefficient (Wildman–Crippen LogP) is 4.43. The second-order valence-corrected chi connectivity index (χ2v) is 8.80. The first-order chi connectivity index (χ1) is 10.1. The Hall–Kier alpha value is -0.680. The molecular weight excluding hydrogens is 412 g/mol. The molecule has 120 valence electrons. The van der Waals surface area contributed by atoms with E-state index in [0.717, 1.165) is 5.56 Å². The van der Waals surface area contributed by atoms with Crippen LogP contribution in [0.25, 0.3) is 0 Å². The highest BCUT2D eigenvalue weighted by Crippen LogP contribution is 2.46. The van der Waals surface area contributed by atoms with Crippen LogP contribution in [0.2, 0.25) is 0 Å². The van der Waals surface area contributed by atoms with E-state index in [1.54, 1.807) is 13.8 Å². The Labute approximate surface area is 148 Å². The fraction of sp³-hybridized carbons (Fsp3) is 0.529. The Morgan fingerprint density at radius 3 is 2.14 bits per heavy atom. The van der Waals surface area contributed by atoms with Gasteiger partial charge in [0.2, 0.25) is 0 Å². The van der Waals surface area contributed by atoms with Crippen LogP contribution >= 0.6 is 31.9 Å².